The number of carbonyl (C=O) groups is 1. The quantitative estimate of drug-likeness (QED) is 0.482. The fourth-order valence-corrected chi connectivity index (χ4v) is 1.61. The van der Waals surface area contributed by atoms with Crippen molar-refractivity contribution in [3.8, 4) is 0 Å². The van der Waals surface area contributed by atoms with Crippen LogP contribution in [0.15, 0.2) is 0 Å². The number of fused-ring (bicyclic) bond motifs is 1. The van der Waals surface area contributed by atoms with Crippen LogP contribution in [0.3, 0.4) is 0 Å². The summed E-state index contributed by atoms with van der Waals surface area (Å²) in [6.07, 6.45) is -0.781. The Bertz CT molecular complexity index is 159. The highest BCUT2D eigenvalue weighted by atomic mass is 16.4. The molecule has 0 aromatic heterocycles. The molecule has 0 spiro atoms. The molecule has 2 heterocycles. The number of nitrogens with one attached hydrogen (secondary N) is 1. The van der Waals surface area contributed by atoms with Crippen LogP contribution in [-0.4, -0.2) is 41.8 Å². The third-order valence-corrected chi connectivity index (χ3v) is 2.35. The number of hydrogen-bond donors (Lipinski definition) is 2. The normalized spacial score (nSPS) is 37.0. The van der Waals surface area contributed by atoms with Gasteiger partial charge < -0.3 is 15.3 Å². The van der Waals surface area contributed by atoms with E-state index in [1.54, 1.807) is 0 Å². The minimum absolute atomic E-state index is 0.455. The highest BCUT2D eigenvalue weighted by molar-refractivity contribution is 5.65. The molecule has 0 radical (unpaired) electrons. The van der Waals surface area contributed by atoms with Crippen LogP contribution in [0, 0.1) is 5.92 Å². The van der Waals surface area contributed by atoms with Gasteiger partial charge in [0.1, 0.15) is 0 Å². The fraction of sp³-hybridized carbons (Fsp3) is 0.833. The zero-order valence-electron chi connectivity index (χ0n) is 5.58. The van der Waals surface area contributed by atoms with E-state index in [9.17, 15) is 4.79 Å². The van der Waals surface area contributed by atoms with E-state index < -0.39 is 6.09 Å². The van der Waals surface area contributed by atoms with Gasteiger partial charge in [-0.05, 0) is 0 Å². The van der Waals surface area contributed by atoms with Gasteiger partial charge in [-0.1, -0.05) is 0 Å². The molecule has 2 fully saturated rings. The van der Waals surface area contributed by atoms with Gasteiger partial charge in [-0.2, -0.15) is 0 Å². The molecule has 0 saturated carbocycles. The Kier molecular flexibility index (Phi) is 1.11. The molecule has 2 saturated heterocycles. The summed E-state index contributed by atoms with van der Waals surface area (Å²) in [5.74, 6) is 0.594. The van der Waals surface area contributed by atoms with Gasteiger partial charge in [-0.25, -0.2) is 4.79 Å². The van der Waals surface area contributed by atoms with Gasteiger partial charge in [0.2, 0.25) is 0 Å². The summed E-state index contributed by atoms with van der Waals surface area (Å²) in [7, 11) is 0. The molecule has 2 aliphatic rings. The molecule has 2 rings (SSSR count). The minimum atomic E-state index is -0.781. The van der Waals surface area contributed by atoms with E-state index in [4.69, 9.17) is 5.11 Å². The van der Waals surface area contributed by atoms with Crippen molar-refractivity contribution in [2.75, 3.05) is 19.6 Å². The molecule has 2 atom stereocenters. The molecule has 4 nitrogen and oxygen atoms in total. The lowest BCUT2D eigenvalue weighted by molar-refractivity contribution is 0.155. The number of rotatable bonds is 0. The molecule has 2 aliphatic heterocycles. The third-order valence-electron chi connectivity index (χ3n) is 2.35. The summed E-state index contributed by atoms with van der Waals surface area (Å²) in [6, 6.07) is 0.455. The Morgan fingerprint density at radius 2 is 2.40 bits per heavy atom. The molecule has 2 N–H and O–H groups in total. The summed E-state index contributed by atoms with van der Waals surface area (Å²) >= 11 is 0. The van der Waals surface area contributed by atoms with Gasteiger partial charge in [-0.3, -0.25) is 0 Å². The average molecular weight is 142 g/mol. The maximum Gasteiger partial charge on any atom is 0.407 e. The molecule has 0 aromatic rings. The van der Waals surface area contributed by atoms with Gasteiger partial charge in [0, 0.05) is 31.6 Å². The second kappa shape index (κ2) is 1.85. The van der Waals surface area contributed by atoms with Crippen LogP contribution in [0.1, 0.15) is 0 Å². The van der Waals surface area contributed by atoms with Crippen LogP contribution >= 0.6 is 0 Å². The second-order valence-electron chi connectivity index (χ2n) is 2.96. The third kappa shape index (κ3) is 0.686. The molecule has 0 aliphatic carbocycles. The smallest absolute Gasteiger partial charge is 0.407 e. The van der Waals surface area contributed by atoms with Crippen molar-refractivity contribution in [1.29, 1.82) is 0 Å². The average Bonchev–Trinajstić information content (AvgIpc) is 2.09. The van der Waals surface area contributed by atoms with E-state index in [1.807, 2.05) is 0 Å². The Labute approximate surface area is 58.8 Å². The Hall–Kier alpha value is -0.770. The molecule has 0 bridgehead atoms. The van der Waals surface area contributed by atoms with E-state index in [-0.39, 0.29) is 0 Å². The van der Waals surface area contributed by atoms with Crippen molar-refractivity contribution in [2.24, 2.45) is 5.92 Å². The number of likely N-dealkylation sites (tertiary alicyclic amines) is 1. The summed E-state index contributed by atoms with van der Waals surface area (Å²) in [5, 5.41) is 11.8. The lowest BCUT2D eigenvalue weighted by Gasteiger charge is -2.29. The van der Waals surface area contributed by atoms with E-state index in [1.165, 1.54) is 4.90 Å². The lowest BCUT2D eigenvalue weighted by Crippen LogP contribution is -2.51. The summed E-state index contributed by atoms with van der Waals surface area (Å²) in [4.78, 5) is 11.9. The van der Waals surface area contributed by atoms with Crippen molar-refractivity contribution in [2.45, 2.75) is 6.04 Å². The predicted molar refractivity (Wildman–Crippen MR) is 34.9 cm³/mol. The van der Waals surface area contributed by atoms with Gasteiger partial charge in [0.15, 0.2) is 0 Å². The summed E-state index contributed by atoms with van der Waals surface area (Å²) in [6.45, 7) is 2.40. The Morgan fingerprint density at radius 3 is 2.70 bits per heavy atom. The van der Waals surface area contributed by atoms with Crippen molar-refractivity contribution >= 4 is 6.09 Å². The molecule has 1 amide bonds. The lowest BCUT2D eigenvalue weighted by atomic mass is 9.96. The molecule has 0 aromatic carbocycles. The first-order chi connectivity index (χ1) is 4.77. The first kappa shape index (κ1) is 5.97. The van der Waals surface area contributed by atoms with Crippen LogP contribution in [-0.2, 0) is 0 Å². The van der Waals surface area contributed by atoms with Crippen LogP contribution in [0.5, 0.6) is 0 Å². The van der Waals surface area contributed by atoms with Crippen molar-refractivity contribution < 1.29 is 9.90 Å². The molecular formula is C6H10N2O2. The predicted octanol–water partition coefficient (Wildman–Crippen LogP) is -0.432. The molecular weight excluding hydrogens is 132 g/mol. The molecule has 56 valence electrons. The zero-order valence-corrected chi connectivity index (χ0v) is 5.58. The van der Waals surface area contributed by atoms with Gasteiger partial charge in [-0.15, -0.1) is 0 Å². The largest absolute Gasteiger partial charge is 0.465 e. The van der Waals surface area contributed by atoms with Crippen LogP contribution in [0.2, 0.25) is 0 Å². The monoisotopic (exact) mass is 142 g/mol. The van der Waals surface area contributed by atoms with Crippen LogP contribution < -0.4 is 5.32 Å². The first-order valence-corrected chi connectivity index (χ1v) is 3.48. The SMILES string of the molecule is O=C(O)N1C[C@H]2CN[C@H]2C1. The van der Waals surface area contributed by atoms with Crippen molar-refractivity contribution in [1.82, 2.24) is 10.2 Å². The highest BCUT2D eigenvalue weighted by Gasteiger charge is 2.40. The van der Waals surface area contributed by atoms with E-state index in [0.29, 0.717) is 18.5 Å². The van der Waals surface area contributed by atoms with Crippen molar-refractivity contribution in [3.63, 3.8) is 0 Å². The van der Waals surface area contributed by atoms with Crippen LogP contribution in [0.25, 0.3) is 0 Å². The summed E-state index contributed by atoms with van der Waals surface area (Å²) in [5.41, 5.74) is 0. The molecule has 4 heteroatoms. The highest BCUT2D eigenvalue weighted by Crippen LogP contribution is 2.22. The number of amides is 1. The standard InChI is InChI=1S/C6H10N2O2/c9-6(10)8-2-4-1-7-5(4)3-8/h4-5,7H,1-3H2,(H,9,10)/t4-,5+/m1/s1. The Balaban J connectivity index is 1.98. The second-order valence-corrected chi connectivity index (χ2v) is 2.96. The van der Waals surface area contributed by atoms with Crippen LogP contribution in [0.4, 0.5) is 4.79 Å². The zero-order chi connectivity index (χ0) is 7.14. The Morgan fingerprint density at radius 1 is 1.60 bits per heavy atom. The summed E-state index contributed by atoms with van der Waals surface area (Å²) < 4.78 is 0. The number of hydrogen-bond acceptors (Lipinski definition) is 2. The topological polar surface area (TPSA) is 52.6 Å². The molecule has 10 heavy (non-hydrogen) atoms. The maximum absolute atomic E-state index is 10.4. The first-order valence-electron chi connectivity index (χ1n) is 3.48. The molecule has 0 unspecified atom stereocenters. The van der Waals surface area contributed by atoms with Gasteiger partial charge >= 0.3 is 6.09 Å². The van der Waals surface area contributed by atoms with Gasteiger partial charge in [0.05, 0.1) is 0 Å². The van der Waals surface area contributed by atoms with E-state index >= 15 is 0 Å². The van der Waals surface area contributed by atoms with E-state index in [2.05, 4.69) is 5.32 Å². The fourth-order valence-electron chi connectivity index (χ4n) is 1.61. The number of carboxylic acid groups (broad SMARTS) is 1. The van der Waals surface area contributed by atoms with Crippen molar-refractivity contribution in [3.05, 3.63) is 0 Å². The minimum Gasteiger partial charge on any atom is -0.465 e. The van der Waals surface area contributed by atoms with Gasteiger partial charge in [0.25, 0.3) is 0 Å². The maximum atomic E-state index is 10.4. The number of nitrogens with zero attached hydrogens (tertiary/aromatic N) is 1. The van der Waals surface area contributed by atoms with E-state index in [0.717, 1.165) is 13.1 Å².